The number of ether oxygens (including phenoxy) is 2. The molecule has 0 bridgehead atoms. The van der Waals surface area contributed by atoms with Gasteiger partial charge in [0, 0.05) is 23.9 Å². The molecule has 188 valence electrons. The van der Waals surface area contributed by atoms with E-state index in [9.17, 15) is 13.2 Å². The summed E-state index contributed by atoms with van der Waals surface area (Å²) in [4.78, 5) is 21.8. The molecule has 36 heavy (non-hydrogen) atoms. The molecule has 1 aliphatic heterocycles. The fraction of sp³-hybridized carbons (Fsp3) is 0.292. The van der Waals surface area contributed by atoms with Gasteiger partial charge in [-0.05, 0) is 50.6 Å². The normalized spacial score (nSPS) is 14.6. The van der Waals surface area contributed by atoms with Crippen LogP contribution in [-0.2, 0) is 27.9 Å². The number of hydrogen-bond donors (Lipinski definition) is 1. The summed E-state index contributed by atoms with van der Waals surface area (Å²) in [5.41, 5.74) is 2.45. The van der Waals surface area contributed by atoms with E-state index in [0.29, 0.717) is 53.3 Å². The number of primary sulfonamides is 1. The largest absolute Gasteiger partial charge is 0.483 e. The first-order valence-electron chi connectivity index (χ1n) is 11.1. The molecule has 0 radical (unpaired) electrons. The first-order valence-corrected chi connectivity index (χ1v) is 13.0. The number of aryl methyl sites for hydroxylation is 1. The van der Waals surface area contributed by atoms with Crippen LogP contribution in [0, 0.1) is 13.8 Å². The Morgan fingerprint density at radius 3 is 2.72 bits per heavy atom. The van der Waals surface area contributed by atoms with E-state index in [1.54, 1.807) is 19.9 Å². The van der Waals surface area contributed by atoms with Gasteiger partial charge in [-0.3, -0.25) is 4.79 Å². The van der Waals surface area contributed by atoms with Gasteiger partial charge in [0.05, 0.1) is 12.0 Å². The molecule has 1 aromatic carbocycles. The number of rotatable bonds is 5. The fourth-order valence-corrected chi connectivity index (χ4v) is 5.09. The molecule has 5 rings (SSSR count). The predicted octanol–water partition coefficient (Wildman–Crippen LogP) is 3.64. The molecule has 1 atom stereocenters. The number of pyridine rings is 1. The molecule has 3 aromatic heterocycles. The number of hydrogen-bond acceptors (Lipinski definition) is 8. The van der Waals surface area contributed by atoms with Gasteiger partial charge < -0.3 is 18.5 Å². The average Bonchev–Trinajstić information content (AvgIpc) is 3.25. The van der Waals surface area contributed by atoms with Crippen molar-refractivity contribution in [2.45, 2.75) is 45.1 Å². The van der Waals surface area contributed by atoms with Crippen molar-refractivity contribution in [2.75, 3.05) is 6.61 Å². The summed E-state index contributed by atoms with van der Waals surface area (Å²) < 4.78 is 43.9. The number of nitrogens with two attached hydrogens (primary N) is 1. The summed E-state index contributed by atoms with van der Waals surface area (Å²) in [6, 6.07) is 6.35. The van der Waals surface area contributed by atoms with Crippen molar-refractivity contribution < 1.29 is 22.3 Å². The second-order valence-corrected chi connectivity index (χ2v) is 10.5. The van der Waals surface area contributed by atoms with Gasteiger partial charge in [0.2, 0.25) is 5.03 Å². The molecule has 0 fully saturated rings. The molecule has 0 spiro atoms. The molecule has 10 nitrogen and oxygen atoms in total. The number of benzene rings is 1. The first-order chi connectivity index (χ1) is 17.0. The highest BCUT2D eigenvalue weighted by molar-refractivity contribution is 7.89. The Balaban J connectivity index is 1.65. The SMILES string of the molecule is Cc1cc([C@@H](C)Oc2ccc(Cl)nc2S(N)(=O)=O)c2oc(-c3cn4c(n3)COCC4)c(C)c(=O)c2c1. The van der Waals surface area contributed by atoms with E-state index < -0.39 is 21.2 Å². The second kappa shape index (κ2) is 9.00. The zero-order chi connectivity index (χ0) is 25.8. The van der Waals surface area contributed by atoms with Crippen molar-refractivity contribution in [3.8, 4) is 17.2 Å². The molecule has 2 N–H and O–H groups in total. The van der Waals surface area contributed by atoms with Gasteiger partial charge in [-0.25, -0.2) is 23.5 Å². The van der Waals surface area contributed by atoms with Crippen LogP contribution in [0.25, 0.3) is 22.4 Å². The predicted molar refractivity (Wildman–Crippen MR) is 132 cm³/mol. The highest BCUT2D eigenvalue weighted by Gasteiger charge is 2.25. The number of aromatic nitrogens is 3. The third kappa shape index (κ3) is 4.39. The molecule has 4 heterocycles. The Bertz CT molecular complexity index is 1650. The molecule has 0 saturated carbocycles. The van der Waals surface area contributed by atoms with Crippen molar-refractivity contribution in [1.82, 2.24) is 14.5 Å². The van der Waals surface area contributed by atoms with E-state index in [4.69, 9.17) is 30.6 Å². The monoisotopic (exact) mass is 530 g/mol. The van der Waals surface area contributed by atoms with Crippen LogP contribution in [0.15, 0.2) is 44.7 Å². The zero-order valence-electron chi connectivity index (χ0n) is 19.7. The average molecular weight is 531 g/mol. The lowest BCUT2D eigenvalue weighted by molar-refractivity contribution is 0.0816. The molecule has 0 amide bonds. The Kier molecular flexibility index (Phi) is 6.11. The summed E-state index contributed by atoms with van der Waals surface area (Å²) in [5.74, 6) is 1.04. The molecule has 0 aliphatic carbocycles. The standard InChI is InChI=1S/C24H23ClN4O6S/c1-12-8-15(14(3)34-18-4-5-19(25)28-24(18)36(26,31)32)23-16(9-12)21(30)13(2)22(35-23)17-10-29-6-7-33-11-20(29)27-17/h4-5,8-10,14H,6-7,11H2,1-3H3,(H2,26,31,32)/t14-/m1/s1. The van der Waals surface area contributed by atoms with Crippen LogP contribution >= 0.6 is 11.6 Å². The Hall–Kier alpha value is -3.25. The second-order valence-electron chi connectivity index (χ2n) is 8.65. The Labute approximate surface area is 211 Å². The molecule has 4 aromatic rings. The number of sulfonamides is 1. The minimum atomic E-state index is -4.21. The van der Waals surface area contributed by atoms with Gasteiger partial charge in [-0.1, -0.05) is 11.6 Å². The molecule has 0 unspecified atom stereocenters. The van der Waals surface area contributed by atoms with E-state index in [-0.39, 0.29) is 16.3 Å². The fourth-order valence-electron chi connectivity index (χ4n) is 4.27. The van der Waals surface area contributed by atoms with Crippen molar-refractivity contribution in [3.63, 3.8) is 0 Å². The summed E-state index contributed by atoms with van der Waals surface area (Å²) in [5, 5.41) is 5.17. The summed E-state index contributed by atoms with van der Waals surface area (Å²) >= 11 is 5.87. The maximum Gasteiger partial charge on any atom is 0.259 e. The van der Waals surface area contributed by atoms with Crippen molar-refractivity contribution >= 4 is 32.6 Å². The van der Waals surface area contributed by atoms with Crippen LogP contribution in [0.1, 0.15) is 35.5 Å². The summed E-state index contributed by atoms with van der Waals surface area (Å²) in [6.45, 7) is 6.89. The van der Waals surface area contributed by atoms with E-state index in [2.05, 4.69) is 9.97 Å². The van der Waals surface area contributed by atoms with E-state index in [1.807, 2.05) is 23.8 Å². The maximum absolute atomic E-state index is 13.4. The number of fused-ring (bicyclic) bond motifs is 2. The molecule has 12 heteroatoms. The molecule has 1 aliphatic rings. The van der Waals surface area contributed by atoms with Crippen LogP contribution in [0.4, 0.5) is 0 Å². The summed E-state index contributed by atoms with van der Waals surface area (Å²) in [6.07, 6.45) is 1.11. The zero-order valence-corrected chi connectivity index (χ0v) is 21.3. The lowest BCUT2D eigenvalue weighted by Crippen LogP contribution is -2.17. The van der Waals surface area contributed by atoms with Crippen LogP contribution in [0.5, 0.6) is 5.75 Å². The lowest BCUT2D eigenvalue weighted by Gasteiger charge is -2.19. The van der Waals surface area contributed by atoms with Gasteiger partial charge >= 0.3 is 0 Å². The van der Waals surface area contributed by atoms with Gasteiger partial charge in [-0.15, -0.1) is 0 Å². The highest BCUT2D eigenvalue weighted by atomic mass is 35.5. The topological polar surface area (TPSA) is 140 Å². The molecule has 0 saturated heterocycles. The third-order valence-electron chi connectivity index (χ3n) is 5.99. The van der Waals surface area contributed by atoms with Crippen molar-refractivity contribution in [3.05, 3.63) is 68.4 Å². The van der Waals surface area contributed by atoms with Crippen molar-refractivity contribution in [2.24, 2.45) is 5.14 Å². The highest BCUT2D eigenvalue weighted by Crippen LogP contribution is 2.34. The Morgan fingerprint density at radius 2 is 2.00 bits per heavy atom. The van der Waals surface area contributed by atoms with Gasteiger partial charge in [-0.2, -0.15) is 0 Å². The third-order valence-corrected chi connectivity index (χ3v) is 7.04. The van der Waals surface area contributed by atoms with E-state index in [0.717, 1.165) is 11.4 Å². The summed E-state index contributed by atoms with van der Waals surface area (Å²) in [7, 11) is -4.21. The van der Waals surface area contributed by atoms with Crippen LogP contribution in [0.3, 0.4) is 0 Å². The molecular formula is C24H23ClN4O6S. The quantitative estimate of drug-likeness (QED) is 0.386. The van der Waals surface area contributed by atoms with Crippen molar-refractivity contribution in [1.29, 1.82) is 0 Å². The number of nitrogens with zero attached hydrogens (tertiary/aromatic N) is 3. The first kappa shape index (κ1) is 24.4. The van der Waals surface area contributed by atoms with Crippen LogP contribution < -0.4 is 15.3 Å². The minimum Gasteiger partial charge on any atom is -0.483 e. The number of halogens is 1. The Morgan fingerprint density at radius 1 is 1.22 bits per heavy atom. The smallest absolute Gasteiger partial charge is 0.259 e. The van der Waals surface area contributed by atoms with Crippen LogP contribution in [-0.4, -0.2) is 29.6 Å². The van der Waals surface area contributed by atoms with Gasteiger partial charge in [0.1, 0.15) is 35.0 Å². The van der Waals surface area contributed by atoms with Gasteiger partial charge in [0.15, 0.2) is 16.9 Å². The minimum absolute atomic E-state index is 0.0423. The van der Waals surface area contributed by atoms with E-state index in [1.165, 1.54) is 12.1 Å². The van der Waals surface area contributed by atoms with Gasteiger partial charge in [0.25, 0.3) is 10.0 Å². The van der Waals surface area contributed by atoms with E-state index >= 15 is 0 Å². The maximum atomic E-state index is 13.4. The molecular weight excluding hydrogens is 508 g/mol. The number of imidazole rings is 1. The van der Waals surface area contributed by atoms with Crippen LogP contribution in [0.2, 0.25) is 5.15 Å². The lowest BCUT2D eigenvalue weighted by atomic mass is 10.0.